The Labute approximate surface area is 99.7 Å². The van der Waals surface area contributed by atoms with Gasteiger partial charge in [0.25, 0.3) is 0 Å². The summed E-state index contributed by atoms with van der Waals surface area (Å²) in [5.41, 5.74) is 2.46. The van der Waals surface area contributed by atoms with E-state index >= 15 is 0 Å². The van der Waals surface area contributed by atoms with Crippen LogP contribution in [0.5, 0.6) is 0 Å². The fourth-order valence-electron chi connectivity index (χ4n) is 1.58. The second-order valence-corrected chi connectivity index (χ2v) is 3.91. The fraction of sp³-hybridized carbons (Fsp3) is 0.231. The highest BCUT2D eigenvalue weighted by Gasteiger charge is 2.04. The highest BCUT2D eigenvalue weighted by atomic mass is 19.1. The lowest BCUT2D eigenvalue weighted by Crippen LogP contribution is -2.06. The van der Waals surface area contributed by atoms with Crippen LogP contribution in [0.2, 0.25) is 0 Å². The molecule has 0 saturated heterocycles. The van der Waals surface area contributed by atoms with Gasteiger partial charge >= 0.3 is 0 Å². The quantitative estimate of drug-likeness (QED) is 0.880. The molecular weight excluding hydrogens is 217 g/mol. The minimum atomic E-state index is -0.208. The molecule has 0 saturated carbocycles. The van der Waals surface area contributed by atoms with Crippen molar-refractivity contribution in [3.63, 3.8) is 0 Å². The van der Waals surface area contributed by atoms with Gasteiger partial charge < -0.3 is 5.32 Å². The van der Waals surface area contributed by atoms with Gasteiger partial charge in [-0.15, -0.1) is 0 Å². The lowest BCUT2D eigenvalue weighted by atomic mass is 10.1. The molecule has 88 valence electrons. The molecule has 1 heterocycles. The first-order valence-electron chi connectivity index (χ1n) is 5.43. The fourth-order valence-corrected chi connectivity index (χ4v) is 1.58. The molecule has 2 aromatic rings. The van der Waals surface area contributed by atoms with Gasteiger partial charge in [-0.2, -0.15) is 0 Å². The Hall–Kier alpha value is -1.81. The first-order valence-corrected chi connectivity index (χ1v) is 5.43. The summed E-state index contributed by atoms with van der Waals surface area (Å²) in [6, 6.07) is 4.88. The molecular formula is C13H14FN3. The van der Waals surface area contributed by atoms with Gasteiger partial charge in [0.2, 0.25) is 0 Å². The molecule has 1 aromatic heterocycles. The van der Waals surface area contributed by atoms with Crippen molar-refractivity contribution in [2.24, 2.45) is 0 Å². The topological polar surface area (TPSA) is 37.8 Å². The second-order valence-electron chi connectivity index (χ2n) is 3.91. The molecule has 0 fully saturated rings. The van der Waals surface area contributed by atoms with E-state index in [0.29, 0.717) is 11.4 Å². The minimum Gasteiger partial charge on any atom is -0.316 e. The van der Waals surface area contributed by atoms with Gasteiger partial charge in [0.1, 0.15) is 5.82 Å². The predicted molar refractivity (Wildman–Crippen MR) is 64.9 cm³/mol. The predicted octanol–water partition coefficient (Wildman–Crippen LogP) is 2.31. The standard InChI is InChI=1S/C13H14FN3/c1-9-5-11(3-4-12(9)14)13-16-7-10(6-15-2)8-17-13/h3-5,7-8,15H,6H2,1-2H3. The van der Waals surface area contributed by atoms with Crippen LogP contribution in [-0.2, 0) is 6.54 Å². The monoisotopic (exact) mass is 231 g/mol. The molecule has 1 N–H and O–H groups in total. The van der Waals surface area contributed by atoms with Gasteiger partial charge in [0, 0.05) is 30.1 Å². The summed E-state index contributed by atoms with van der Waals surface area (Å²) in [6.07, 6.45) is 3.55. The molecule has 0 aliphatic carbocycles. The van der Waals surface area contributed by atoms with E-state index in [2.05, 4.69) is 15.3 Å². The SMILES string of the molecule is CNCc1cnc(-c2ccc(F)c(C)c2)nc1. The molecule has 0 bridgehead atoms. The van der Waals surface area contributed by atoms with Crippen molar-refractivity contribution in [2.45, 2.75) is 13.5 Å². The van der Waals surface area contributed by atoms with Crippen molar-refractivity contribution in [2.75, 3.05) is 7.05 Å². The van der Waals surface area contributed by atoms with Crippen molar-refractivity contribution < 1.29 is 4.39 Å². The molecule has 0 aliphatic rings. The minimum absolute atomic E-state index is 0.208. The van der Waals surface area contributed by atoms with Gasteiger partial charge in [-0.25, -0.2) is 14.4 Å². The van der Waals surface area contributed by atoms with Crippen LogP contribution in [0.15, 0.2) is 30.6 Å². The number of aryl methyl sites for hydroxylation is 1. The van der Waals surface area contributed by atoms with Gasteiger partial charge in [-0.05, 0) is 37.7 Å². The summed E-state index contributed by atoms with van der Waals surface area (Å²) in [5, 5.41) is 3.03. The number of hydrogen-bond donors (Lipinski definition) is 1. The Bertz CT molecular complexity index is 509. The summed E-state index contributed by atoms with van der Waals surface area (Å²) >= 11 is 0. The molecule has 0 unspecified atom stereocenters. The zero-order valence-corrected chi connectivity index (χ0v) is 9.87. The average molecular weight is 231 g/mol. The number of nitrogens with one attached hydrogen (secondary N) is 1. The van der Waals surface area contributed by atoms with Crippen LogP contribution in [0, 0.1) is 12.7 Å². The van der Waals surface area contributed by atoms with Crippen LogP contribution in [-0.4, -0.2) is 17.0 Å². The van der Waals surface area contributed by atoms with E-state index in [1.807, 2.05) is 7.05 Å². The molecule has 2 rings (SSSR count). The first-order chi connectivity index (χ1) is 8.20. The lowest BCUT2D eigenvalue weighted by Gasteiger charge is -2.03. The number of rotatable bonds is 3. The molecule has 0 aliphatic heterocycles. The van der Waals surface area contributed by atoms with Crippen molar-refractivity contribution in [1.82, 2.24) is 15.3 Å². The van der Waals surface area contributed by atoms with E-state index in [0.717, 1.165) is 17.7 Å². The third-order valence-corrected chi connectivity index (χ3v) is 2.50. The van der Waals surface area contributed by atoms with Crippen LogP contribution in [0.1, 0.15) is 11.1 Å². The Morgan fingerprint density at radius 1 is 1.24 bits per heavy atom. The van der Waals surface area contributed by atoms with Crippen LogP contribution in [0.3, 0.4) is 0 Å². The van der Waals surface area contributed by atoms with Crippen LogP contribution in [0.25, 0.3) is 11.4 Å². The van der Waals surface area contributed by atoms with Crippen LogP contribution < -0.4 is 5.32 Å². The number of nitrogens with zero attached hydrogens (tertiary/aromatic N) is 2. The maximum atomic E-state index is 13.1. The van der Waals surface area contributed by atoms with Crippen LogP contribution >= 0.6 is 0 Å². The van der Waals surface area contributed by atoms with E-state index < -0.39 is 0 Å². The van der Waals surface area contributed by atoms with E-state index in [9.17, 15) is 4.39 Å². The zero-order valence-electron chi connectivity index (χ0n) is 9.87. The molecule has 0 radical (unpaired) electrons. The number of aromatic nitrogens is 2. The van der Waals surface area contributed by atoms with Crippen molar-refractivity contribution in [1.29, 1.82) is 0 Å². The normalized spacial score (nSPS) is 10.5. The molecule has 0 amide bonds. The van der Waals surface area contributed by atoms with Crippen LogP contribution in [0.4, 0.5) is 4.39 Å². The number of benzene rings is 1. The largest absolute Gasteiger partial charge is 0.316 e. The summed E-state index contributed by atoms with van der Waals surface area (Å²) in [6.45, 7) is 2.47. The number of hydrogen-bond acceptors (Lipinski definition) is 3. The Morgan fingerprint density at radius 2 is 1.94 bits per heavy atom. The van der Waals surface area contributed by atoms with E-state index in [1.54, 1.807) is 31.5 Å². The summed E-state index contributed by atoms with van der Waals surface area (Å²) in [5.74, 6) is 0.411. The third kappa shape index (κ3) is 2.65. The number of halogens is 1. The molecule has 4 heteroatoms. The zero-order chi connectivity index (χ0) is 12.3. The maximum Gasteiger partial charge on any atom is 0.159 e. The smallest absolute Gasteiger partial charge is 0.159 e. The molecule has 0 spiro atoms. The van der Waals surface area contributed by atoms with Gasteiger partial charge in [-0.1, -0.05) is 0 Å². The summed E-state index contributed by atoms with van der Waals surface area (Å²) < 4.78 is 13.1. The van der Waals surface area contributed by atoms with Gasteiger partial charge in [0.15, 0.2) is 5.82 Å². The van der Waals surface area contributed by atoms with E-state index in [1.165, 1.54) is 6.07 Å². The Kier molecular flexibility index (Phi) is 3.44. The second kappa shape index (κ2) is 5.01. The first kappa shape index (κ1) is 11.7. The molecule has 1 aromatic carbocycles. The Balaban J connectivity index is 2.30. The average Bonchev–Trinajstić information content (AvgIpc) is 2.34. The summed E-state index contributed by atoms with van der Waals surface area (Å²) in [4.78, 5) is 8.53. The van der Waals surface area contributed by atoms with Gasteiger partial charge in [-0.3, -0.25) is 0 Å². The van der Waals surface area contributed by atoms with Gasteiger partial charge in [0.05, 0.1) is 0 Å². The molecule has 17 heavy (non-hydrogen) atoms. The van der Waals surface area contributed by atoms with Crippen molar-refractivity contribution in [3.8, 4) is 11.4 Å². The molecule has 3 nitrogen and oxygen atoms in total. The van der Waals surface area contributed by atoms with Crippen molar-refractivity contribution >= 4 is 0 Å². The van der Waals surface area contributed by atoms with Crippen molar-refractivity contribution in [3.05, 3.63) is 47.5 Å². The summed E-state index contributed by atoms with van der Waals surface area (Å²) in [7, 11) is 1.87. The highest BCUT2D eigenvalue weighted by molar-refractivity contribution is 5.55. The maximum absolute atomic E-state index is 13.1. The lowest BCUT2D eigenvalue weighted by molar-refractivity contribution is 0.618. The molecule has 0 atom stereocenters. The van der Waals surface area contributed by atoms with E-state index in [-0.39, 0.29) is 5.82 Å². The third-order valence-electron chi connectivity index (χ3n) is 2.50. The van der Waals surface area contributed by atoms with E-state index in [4.69, 9.17) is 0 Å². The Morgan fingerprint density at radius 3 is 2.53 bits per heavy atom. The highest BCUT2D eigenvalue weighted by Crippen LogP contribution is 2.17.